The summed E-state index contributed by atoms with van der Waals surface area (Å²) in [5.41, 5.74) is 1.34. The van der Waals surface area contributed by atoms with Crippen molar-refractivity contribution in [2.45, 2.75) is 38.8 Å². The van der Waals surface area contributed by atoms with Gasteiger partial charge in [0.15, 0.2) is 5.17 Å². The molecule has 1 aliphatic heterocycles. The minimum Gasteiger partial charge on any atom is -0.361 e. The molecule has 0 bridgehead atoms. The van der Waals surface area contributed by atoms with Crippen molar-refractivity contribution in [3.8, 4) is 0 Å². The molecule has 114 valence electrons. The molecule has 0 aromatic heterocycles. The number of thioether (sulfide) groups is 1. The van der Waals surface area contributed by atoms with E-state index in [1.54, 1.807) is 11.8 Å². The number of carbonyl (C=O) groups excluding carboxylic acids is 1. The lowest BCUT2D eigenvalue weighted by Crippen LogP contribution is -2.31. The van der Waals surface area contributed by atoms with Crippen LogP contribution in [0.4, 0.5) is 0 Å². The van der Waals surface area contributed by atoms with Gasteiger partial charge in [-0.1, -0.05) is 42.1 Å². The topological polar surface area (TPSA) is 53.5 Å². The van der Waals surface area contributed by atoms with Crippen LogP contribution in [0.5, 0.6) is 0 Å². The van der Waals surface area contributed by atoms with E-state index in [2.05, 4.69) is 39.9 Å². The highest BCUT2D eigenvalue weighted by molar-refractivity contribution is 8.14. The van der Waals surface area contributed by atoms with Crippen molar-refractivity contribution in [1.29, 1.82) is 0 Å². The molecular formula is C16H23N3OS. The van der Waals surface area contributed by atoms with Gasteiger partial charge in [-0.05, 0) is 25.8 Å². The van der Waals surface area contributed by atoms with Crippen molar-refractivity contribution in [3.05, 3.63) is 35.9 Å². The van der Waals surface area contributed by atoms with Gasteiger partial charge in [0.05, 0.1) is 6.54 Å². The van der Waals surface area contributed by atoms with E-state index in [1.165, 1.54) is 5.56 Å². The van der Waals surface area contributed by atoms with Gasteiger partial charge in [0.25, 0.3) is 0 Å². The number of nitrogens with one attached hydrogen (secondary N) is 2. The summed E-state index contributed by atoms with van der Waals surface area (Å²) < 4.78 is 0. The fraction of sp³-hybridized carbons (Fsp3) is 0.500. The summed E-state index contributed by atoms with van der Waals surface area (Å²) in [5, 5.41) is 7.28. The first-order valence-corrected chi connectivity index (χ1v) is 8.39. The molecule has 0 spiro atoms. The number of aliphatic imine (C=N–C) groups is 1. The Balaban J connectivity index is 1.72. The van der Waals surface area contributed by atoms with Gasteiger partial charge in [-0.25, -0.2) is 0 Å². The Morgan fingerprint density at radius 2 is 2.19 bits per heavy atom. The van der Waals surface area contributed by atoms with Crippen molar-refractivity contribution in [3.63, 3.8) is 0 Å². The number of carbonyl (C=O) groups is 1. The molecular weight excluding hydrogens is 282 g/mol. The van der Waals surface area contributed by atoms with Gasteiger partial charge in [0, 0.05) is 24.3 Å². The smallest absolute Gasteiger partial charge is 0.222 e. The van der Waals surface area contributed by atoms with Gasteiger partial charge >= 0.3 is 0 Å². The molecule has 5 heteroatoms. The van der Waals surface area contributed by atoms with Crippen LogP contribution in [0.2, 0.25) is 0 Å². The Bertz CT molecular complexity index is 488. The second-order valence-corrected chi connectivity index (χ2v) is 6.51. The van der Waals surface area contributed by atoms with E-state index in [1.807, 2.05) is 19.9 Å². The van der Waals surface area contributed by atoms with Crippen LogP contribution < -0.4 is 10.6 Å². The summed E-state index contributed by atoms with van der Waals surface area (Å²) in [6, 6.07) is 11.1. The largest absolute Gasteiger partial charge is 0.361 e. The third-order valence-corrected chi connectivity index (χ3v) is 4.21. The van der Waals surface area contributed by atoms with Crippen LogP contribution in [0, 0.1) is 0 Å². The molecule has 0 radical (unpaired) electrons. The standard InChI is InChI=1S/C16H23N3OS/c1-12(2)18-15(20)8-9-17-16-19-14(11-21-16)10-13-6-4-3-5-7-13/h3-7,12,14H,8-11H2,1-2H3,(H,17,19)(H,18,20). The monoisotopic (exact) mass is 305 g/mol. The van der Waals surface area contributed by atoms with Crippen LogP contribution >= 0.6 is 11.8 Å². The molecule has 1 aromatic carbocycles. The Morgan fingerprint density at radius 1 is 1.43 bits per heavy atom. The van der Waals surface area contributed by atoms with Gasteiger partial charge < -0.3 is 10.6 Å². The van der Waals surface area contributed by atoms with Gasteiger partial charge in [0.1, 0.15) is 0 Å². The van der Waals surface area contributed by atoms with E-state index in [0.29, 0.717) is 19.0 Å². The van der Waals surface area contributed by atoms with Gasteiger partial charge in [-0.2, -0.15) is 0 Å². The zero-order valence-electron chi connectivity index (χ0n) is 12.6. The fourth-order valence-electron chi connectivity index (χ4n) is 2.19. The van der Waals surface area contributed by atoms with Crippen LogP contribution in [0.25, 0.3) is 0 Å². The maximum Gasteiger partial charge on any atom is 0.222 e. The number of amidine groups is 1. The average molecular weight is 305 g/mol. The highest BCUT2D eigenvalue weighted by Gasteiger charge is 2.20. The summed E-state index contributed by atoms with van der Waals surface area (Å²) in [5.74, 6) is 1.10. The molecule has 1 aliphatic rings. The molecule has 0 saturated carbocycles. The molecule has 1 fully saturated rings. The minimum atomic E-state index is 0.0678. The van der Waals surface area contributed by atoms with Crippen LogP contribution in [0.3, 0.4) is 0 Å². The van der Waals surface area contributed by atoms with E-state index in [0.717, 1.165) is 17.3 Å². The Hall–Kier alpha value is -1.49. The molecule has 2 rings (SSSR count). The molecule has 1 aromatic rings. The predicted molar refractivity (Wildman–Crippen MR) is 89.7 cm³/mol. The van der Waals surface area contributed by atoms with E-state index >= 15 is 0 Å². The molecule has 1 unspecified atom stereocenters. The zero-order valence-corrected chi connectivity index (χ0v) is 13.5. The van der Waals surface area contributed by atoms with Crippen molar-refractivity contribution in [1.82, 2.24) is 10.6 Å². The molecule has 1 atom stereocenters. The highest BCUT2D eigenvalue weighted by atomic mass is 32.2. The van der Waals surface area contributed by atoms with Crippen molar-refractivity contribution >= 4 is 22.8 Å². The molecule has 4 nitrogen and oxygen atoms in total. The van der Waals surface area contributed by atoms with Gasteiger partial charge in [0.2, 0.25) is 5.91 Å². The zero-order chi connectivity index (χ0) is 15.1. The molecule has 2 N–H and O–H groups in total. The summed E-state index contributed by atoms with van der Waals surface area (Å²) in [4.78, 5) is 16.0. The van der Waals surface area contributed by atoms with Crippen LogP contribution in [0.15, 0.2) is 35.3 Å². The maximum absolute atomic E-state index is 11.5. The first-order chi connectivity index (χ1) is 10.1. The molecule has 21 heavy (non-hydrogen) atoms. The normalized spacial score (nSPS) is 19.8. The lowest BCUT2D eigenvalue weighted by Gasteiger charge is -2.09. The SMILES string of the molecule is CC(C)NC(=O)CCN=C1NC(Cc2ccccc2)CS1. The summed E-state index contributed by atoms with van der Waals surface area (Å²) in [7, 11) is 0. The lowest BCUT2D eigenvalue weighted by atomic mass is 10.1. The van der Waals surface area contributed by atoms with Gasteiger partial charge in [-0.3, -0.25) is 9.79 Å². The minimum absolute atomic E-state index is 0.0678. The number of rotatable bonds is 6. The van der Waals surface area contributed by atoms with E-state index in [-0.39, 0.29) is 11.9 Å². The number of amides is 1. The first kappa shape index (κ1) is 15.9. The Labute approximate surface area is 130 Å². The molecule has 1 heterocycles. The second-order valence-electron chi connectivity index (χ2n) is 5.50. The number of nitrogens with zero attached hydrogens (tertiary/aromatic N) is 1. The summed E-state index contributed by atoms with van der Waals surface area (Å²) >= 11 is 1.74. The van der Waals surface area contributed by atoms with Crippen molar-refractivity contribution in [2.75, 3.05) is 12.3 Å². The third-order valence-electron chi connectivity index (χ3n) is 3.12. The van der Waals surface area contributed by atoms with E-state index in [4.69, 9.17) is 0 Å². The number of benzene rings is 1. The van der Waals surface area contributed by atoms with Crippen LogP contribution in [0.1, 0.15) is 25.8 Å². The Morgan fingerprint density at radius 3 is 2.90 bits per heavy atom. The quantitative estimate of drug-likeness (QED) is 0.847. The van der Waals surface area contributed by atoms with Crippen molar-refractivity contribution < 1.29 is 4.79 Å². The van der Waals surface area contributed by atoms with Gasteiger partial charge in [-0.15, -0.1) is 0 Å². The molecule has 0 aliphatic carbocycles. The molecule has 1 amide bonds. The van der Waals surface area contributed by atoms with E-state index in [9.17, 15) is 4.79 Å². The molecule has 1 saturated heterocycles. The lowest BCUT2D eigenvalue weighted by molar-refractivity contribution is -0.121. The Kier molecular flexibility index (Phi) is 6.11. The summed E-state index contributed by atoms with van der Waals surface area (Å²) in [6.45, 7) is 4.48. The second kappa shape index (κ2) is 8.08. The predicted octanol–water partition coefficient (Wildman–Crippen LogP) is 2.20. The first-order valence-electron chi connectivity index (χ1n) is 7.40. The van der Waals surface area contributed by atoms with Crippen LogP contribution in [-0.4, -0.2) is 35.5 Å². The highest BCUT2D eigenvalue weighted by Crippen LogP contribution is 2.17. The number of hydrogen-bond donors (Lipinski definition) is 2. The third kappa shape index (κ3) is 5.79. The number of hydrogen-bond acceptors (Lipinski definition) is 3. The van der Waals surface area contributed by atoms with Crippen LogP contribution in [-0.2, 0) is 11.2 Å². The average Bonchev–Trinajstić information content (AvgIpc) is 2.86. The fourth-order valence-corrected chi connectivity index (χ4v) is 3.18. The van der Waals surface area contributed by atoms with E-state index < -0.39 is 0 Å². The van der Waals surface area contributed by atoms with Crippen molar-refractivity contribution in [2.24, 2.45) is 4.99 Å². The summed E-state index contributed by atoms with van der Waals surface area (Å²) in [6.07, 6.45) is 1.47. The maximum atomic E-state index is 11.5.